The van der Waals surface area contributed by atoms with E-state index in [9.17, 15) is 0 Å². The molecule has 1 aromatic carbocycles. The smallest absolute Gasteiger partial charge is 0.125 e. The van der Waals surface area contributed by atoms with Gasteiger partial charge in [-0.1, -0.05) is 35.0 Å². The van der Waals surface area contributed by atoms with E-state index in [4.69, 9.17) is 4.74 Å². The number of aryl methyl sites for hydroxylation is 2. The molecular weight excluding hydrogens is 264 g/mol. The summed E-state index contributed by atoms with van der Waals surface area (Å²) in [5, 5.41) is 0. The Morgan fingerprint density at radius 2 is 2.00 bits per heavy atom. The Kier molecular flexibility index (Phi) is 5.33. The monoisotopic (exact) mass is 284 g/mol. The molecule has 90 valence electrons. The molecule has 2 heteroatoms. The predicted octanol–water partition coefficient (Wildman–Crippen LogP) is 4.42. The quantitative estimate of drug-likeness (QED) is 0.728. The molecule has 0 aliphatic rings. The molecule has 0 saturated carbocycles. The van der Waals surface area contributed by atoms with Crippen LogP contribution in [0.15, 0.2) is 12.1 Å². The largest absolute Gasteiger partial charge is 0.496 e. The van der Waals surface area contributed by atoms with Crippen LogP contribution >= 0.6 is 15.9 Å². The van der Waals surface area contributed by atoms with Gasteiger partial charge in [0.2, 0.25) is 0 Å². The summed E-state index contributed by atoms with van der Waals surface area (Å²) in [5.41, 5.74) is 3.89. The van der Waals surface area contributed by atoms with E-state index in [0.717, 1.165) is 18.6 Å². The van der Waals surface area contributed by atoms with E-state index in [2.05, 4.69) is 48.8 Å². The Morgan fingerprint density at radius 1 is 1.31 bits per heavy atom. The lowest BCUT2D eigenvalue weighted by Gasteiger charge is -2.14. The molecule has 0 aromatic heterocycles. The number of rotatable bonds is 5. The third-order valence-corrected chi connectivity index (χ3v) is 4.24. The molecule has 0 saturated heterocycles. The Morgan fingerprint density at radius 3 is 2.56 bits per heavy atom. The van der Waals surface area contributed by atoms with Gasteiger partial charge in [-0.25, -0.2) is 0 Å². The molecule has 0 aliphatic heterocycles. The molecule has 1 atom stereocenters. The van der Waals surface area contributed by atoms with Crippen molar-refractivity contribution in [2.45, 2.75) is 44.9 Å². The molecule has 0 amide bonds. The van der Waals surface area contributed by atoms with Gasteiger partial charge in [0.15, 0.2) is 0 Å². The number of benzene rings is 1. The molecule has 1 aromatic rings. The van der Waals surface area contributed by atoms with E-state index < -0.39 is 0 Å². The van der Waals surface area contributed by atoms with Gasteiger partial charge >= 0.3 is 0 Å². The predicted molar refractivity (Wildman–Crippen MR) is 73.8 cm³/mol. The van der Waals surface area contributed by atoms with Crippen molar-refractivity contribution in [3.63, 3.8) is 0 Å². The fourth-order valence-electron chi connectivity index (χ4n) is 1.84. The minimum Gasteiger partial charge on any atom is -0.496 e. The molecule has 0 radical (unpaired) electrons. The highest BCUT2D eigenvalue weighted by Gasteiger charge is 2.09. The summed E-state index contributed by atoms with van der Waals surface area (Å²) in [6.07, 6.45) is 3.41. The van der Waals surface area contributed by atoms with Gasteiger partial charge in [-0.3, -0.25) is 0 Å². The third kappa shape index (κ3) is 3.24. The molecular formula is C14H21BrO. The highest BCUT2D eigenvalue weighted by atomic mass is 79.9. The number of hydrogen-bond donors (Lipinski definition) is 0. The first kappa shape index (κ1) is 13.6. The second-order valence-corrected chi connectivity index (χ2v) is 5.54. The van der Waals surface area contributed by atoms with Crippen molar-refractivity contribution in [2.75, 3.05) is 7.11 Å². The molecule has 0 bridgehead atoms. The van der Waals surface area contributed by atoms with E-state index in [-0.39, 0.29) is 0 Å². The maximum atomic E-state index is 5.51. The fourth-order valence-corrected chi connectivity index (χ4v) is 2.07. The van der Waals surface area contributed by atoms with Crippen molar-refractivity contribution in [1.82, 2.24) is 0 Å². The van der Waals surface area contributed by atoms with Crippen molar-refractivity contribution in [3.8, 4) is 5.75 Å². The molecule has 0 heterocycles. The Bertz CT molecular complexity index is 347. The second-order valence-electron chi connectivity index (χ2n) is 4.24. The lowest BCUT2D eigenvalue weighted by atomic mass is 10.00. The number of hydrogen-bond acceptors (Lipinski definition) is 1. The highest BCUT2D eigenvalue weighted by molar-refractivity contribution is 9.09. The first-order chi connectivity index (χ1) is 7.60. The molecule has 16 heavy (non-hydrogen) atoms. The molecule has 0 spiro atoms. The van der Waals surface area contributed by atoms with E-state index in [1.54, 1.807) is 7.11 Å². The van der Waals surface area contributed by atoms with Crippen LogP contribution in [0.4, 0.5) is 0 Å². The highest BCUT2D eigenvalue weighted by Crippen LogP contribution is 2.28. The van der Waals surface area contributed by atoms with Gasteiger partial charge in [0.25, 0.3) is 0 Å². The fraction of sp³-hybridized carbons (Fsp3) is 0.571. The van der Waals surface area contributed by atoms with Crippen molar-refractivity contribution in [1.29, 1.82) is 0 Å². The summed E-state index contributed by atoms with van der Waals surface area (Å²) in [5.74, 6) is 1.07. The van der Waals surface area contributed by atoms with Gasteiger partial charge in [0, 0.05) is 4.83 Å². The minimum absolute atomic E-state index is 0.610. The van der Waals surface area contributed by atoms with Gasteiger partial charge < -0.3 is 4.74 Å². The molecule has 1 rings (SSSR count). The van der Waals surface area contributed by atoms with Gasteiger partial charge in [-0.2, -0.15) is 0 Å². The van der Waals surface area contributed by atoms with Crippen LogP contribution in [0.25, 0.3) is 0 Å². The average molecular weight is 285 g/mol. The summed E-state index contributed by atoms with van der Waals surface area (Å²) in [7, 11) is 1.76. The zero-order chi connectivity index (χ0) is 12.1. The van der Waals surface area contributed by atoms with E-state index in [0.29, 0.717) is 4.83 Å². The molecule has 0 aliphatic carbocycles. The normalized spacial score (nSPS) is 12.6. The van der Waals surface area contributed by atoms with Crippen LogP contribution in [-0.4, -0.2) is 11.9 Å². The van der Waals surface area contributed by atoms with Crippen LogP contribution < -0.4 is 4.74 Å². The SMILES string of the molecule is CCC(Br)CCc1ccc(C)c(C)c1OC. The van der Waals surface area contributed by atoms with Crippen LogP contribution in [0.3, 0.4) is 0 Å². The lowest BCUT2D eigenvalue weighted by Crippen LogP contribution is -2.01. The average Bonchev–Trinajstić information content (AvgIpc) is 2.30. The van der Waals surface area contributed by atoms with Crippen LogP contribution in [0.5, 0.6) is 5.75 Å². The zero-order valence-corrected chi connectivity index (χ0v) is 12.2. The van der Waals surface area contributed by atoms with Crippen LogP contribution in [0.2, 0.25) is 0 Å². The number of alkyl halides is 1. The molecule has 1 nitrogen and oxygen atoms in total. The van der Waals surface area contributed by atoms with Crippen LogP contribution in [-0.2, 0) is 6.42 Å². The van der Waals surface area contributed by atoms with Crippen molar-refractivity contribution in [3.05, 3.63) is 28.8 Å². The van der Waals surface area contributed by atoms with Crippen molar-refractivity contribution in [2.24, 2.45) is 0 Å². The Hall–Kier alpha value is -0.500. The second kappa shape index (κ2) is 6.29. The maximum absolute atomic E-state index is 5.51. The maximum Gasteiger partial charge on any atom is 0.125 e. The van der Waals surface area contributed by atoms with E-state index in [1.807, 2.05) is 0 Å². The topological polar surface area (TPSA) is 9.23 Å². The third-order valence-electron chi connectivity index (χ3n) is 3.13. The summed E-state index contributed by atoms with van der Waals surface area (Å²) in [4.78, 5) is 0.610. The number of halogens is 1. The van der Waals surface area contributed by atoms with Gasteiger partial charge in [0.05, 0.1) is 7.11 Å². The van der Waals surface area contributed by atoms with Crippen LogP contribution in [0.1, 0.15) is 36.5 Å². The first-order valence-corrected chi connectivity index (χ1v) is 6.78. The molecule has 0 fully saturated rings. The summed E-state index contributed by atoms with van der Waals surface area (Å²) in [6, 6.07) is 4.37. The van der Waals surface area contributed by atoms with E-state index >= 15 is 0 Å². The summed E-state index contributed by atoms with van der Waals surface area (Å²) >= 11 is 3.67. The van der Waals surface area contributed by atoms with Gasteiger partial charge in [0.1, 0.15) is 5.75 Å². The summed E-state index contributed by atoms with van der Waals surface area (Å²) in [6.45, 7) is 6.46. The van der Waals surface area contributed by atoms with E-state index in [1.165, 1.54) is 23.1 Å². The Balaban J connectivity index is 2.84. The zero-order valence-electron chi connectivity index (χ0n) is 10.6. The van der Waals surface area contributed by atoms with Crippen molar-refractivity contribution < 1.29 is 4.74 Å². The van der Waals surface area contributed by atoms with Gasteiger partial charge in [-0.15, -0.1) is 0 Å². The Labute approximate surface area is 107 Å². The standard InChI is InChI=1S/C14H21BrO/c1-5-13(15)9-8-12-7-6-10(2)11(3)14(12)16-4/h6-7,13H,5,8-9H2,1-4H3. The van der Waals surface area contributed by atoms with Crippen LogP contribution in [0, 0.1) is 13.8 Å². The molecule has 1 unspecified atom stereocenters. The minimum atomic E-state index is 0.610. The molecule has 0 N–H and O–H groups in total. The van der Waals surface area contributed by atoms with Gasteiger partial charge in [-0.05, 0) is 49.8 Å². The van der Waals surface area contributed by atoms with Crippen molar-refractivity contribution >= 4 is 15.9 Å². The lowest BCUT2D eigenvalue weighted by molar-refractivity contribution is 0.405. The number of methoxy groups -OCH3 is 1. The first-order valence-electron chi connectivity index (χ1n) is 5.87. The summed E-state index contributed by atoms with van der Waals surface area (Å²) < 4.78 is 5.51. The number of ether oxygens (including phenoxy) is 1.